The summed E-state index contributed by atoms with van der Waals surface area (Å²) in [6.07, 6.45) is 1.27. The van der Waals surface area contributed by atoms with Crippen molar-refractivity contribution in [3.63, 3.8) is 0 Å². The Kier molecular flexibility index (Phi) is 3.21. The van der Waals surface area contributed by atoms with Crippen molar-refractivity contribution in [1.82, 2.24) is 0 Å². The molecule has 0 saturated heterocycles. The Hall–Kier alpha value is -1.14. The molecular weight excluding hydrogens is 196 g/mol. The van der Waals surface area contributed by atoms with Crippen LogP contribution >= 0.6 is 0 Å². The van der Waals surface area contributed by atoms with Crippen molar-refractivity contribution >= 4 is 17.0 Å². The first-order chi connectivity index (χ1) is 6.15. The highest BCUT2D eigenvalue weighted by atomic mass is 32.2. The van der Waals surface area contributed by atoms with Gasteiger partial charge in [-0.05, 0) is 6.07 Å². The van der Waals surface area contributed by atoms with Crippen molar-refractivity contribution in [2.24, 2.45) is 0 Å². The van der Waals surface area contributed by atoms with Gasteiger partial charge in [0, 0.05) is 5.56 Å². The zero-order chi connectivity index (χ0) is 9.84. The van der Waals surface area contributed by atoms with Crippen molar-refractivity contribution in [3.05, 3.63) is 23.7 Å². The maximum atomic E-state index is 11.0. The lowest BCUT2D eigenvalue weighted by atomic mass is 10.3. The summed E-state index contributed by atoms with van der Waals surface area (Å²) in [5, 5.41) is 0. The molecule has 1 atom stereocenters. The number of rotatable bonds is 3. The number of furan rings is 1. The largest absolute Gasteiger partial charge is 0.463 e. The standard InChI is InChI=1S/C7H8O5S/c1-11-7(8)6-5(2-3-12-6)4-13(9)10/h2-3H,4H2,1H3,(H,9,10). The van der Waals surface area contributed by atoms with Gasteiger partial charge in [-0.25, -0.2) is 9.00 Å². The van der Waals surface area contributed by atoms with E-state index in [1.165, 1.54) is 19.4 Å². The van der Waals surface area contributed by atoms with Crippen LogP contribution in [0.1, 0.15) is 16.1 Å². The van der Waals surface area contributed by atoms with Gasteiger partial charge in [-0.2, -0.15) is 0 Å². The molecule has 1 heterocycles. The second-order valence-electron chi connectivity index (χ2n) is 2.23. The quantitative estimate of drug-likeness (QED) is 0.581. The summed E-state index contributed by atoms with van der Waals surface area (Å²) in [4.78, 5) is 11.0. The highest BCUT2D eigenvalue weighted by Crippen LogP contribution is 2.13. The maximum absolute atomic E-state index is 11.0. The average molecular weight is 204 g/mol. The second-order valence-corrected chi connectivity index (χ2v) is 3.16. The van der Waals surface area contributed by atoms with Crippen LogP contribution < -0.4 is 0 Å². The molecule has 5 nitrogen and oxygen atoms in total. The zero-order valence-electron chi connectivity index (χ0n) is 6.85. The third-order valence-corrected chi connectivity index (χ3v) is 1.95. The summed E-state index contributed by atoms with van der Waals surface area (Å²) in [6.45, 7) is 0. The summed E-state index contributed by atoms with van der Waals surface area (Å²) in [7, 11) is 1.21. The van der Waals surface area contributed by atoms with E-state index in [0.29, 0.717) is 5.56 Å². The molecule has 1 aromatic heterocycles. The number of esters is 1. The normalized spacial score (nSPS) is 12.5. The van der Waals surface area contributed by atoms with Crippen molar-refractivity contribution in [2.75, 3.05) is 7.11 Å². The third kappa shape index (κ3) is 2.40. The SMILES string of the molecule is COC(=O)c1occc1CS(=O)O. The Labute approximate surface area is 77.0 Å². The van der Waals surface area contributed by atoms with Gasteiger partial charge in [0.05, 0.1) is 19.1 Å². The molecule has 0 fully saturated rings. The van der Waals surface area contributed by atoms with Crippen molar-refractivity contribution in [2.45, 2.75) is 5.75 Å². The minimum Gasteiger partial charge on any atom is -0.463 e. The Balaban J connectivity index is 2.89. The van der Waals surface area contributed by atoms with Gasteiger partial charge in [-0.1, -0.05) is 0 Å². The van der Waals surface area contributed by atoms with Gasteiger partial charge >= 0.3 is 5.97 Å². The lowest BCUT2D eigenvalue weighted by molar-refractivity contribution is 0.0564. The average Bonchev–Trinajstić information content (AvgIpc) is 2.50. The Morgan fingerprint density at radius 2 is 2.46 bits per heavy atom. The molecule has 0 saturated carbocycles. The second kappa shape index (κ2) is 4.20. The number of hydrogen-bond donors (Lipinski definition) is 1. The van der Waals surface area contributed by atoms with Crippen LogP contribution in [-0.2, 0) is 21.6 Å². The van der Waals surface area contributed by atoms with Crippen LogP contribution in [0, 0.1) is 0 Å². The molecule has 1 rings (SSSR count). The molecule has 0 aromatic carbocycles. The highest BCUT2D eigenvalue weighted by Gasteiger charge is 2.16. The molecule has 6 heteroatoms. The summed E-state index contributed by atoms with van der Waals surface area (Å²) >= 11 is -1.99. The van der Waals surface area contributed by atoms with Crippen molar-refractivity contribution in [3.8, 4) is 0 Å². The summed E-state index contributed by atoms with van der Waals surface area (Å²) in [5.74, 6) is -0.809. The highest BCUT2D eigenvalue weighted by molar-refractivity contribution is 7.78. The van der Waals surface area contributed by atoms with Crippen LogP contribution in [0.25, 0.3) is 0 Å². The summed E-state index contributed by atoms with van der Waals surface area (Å²) in [5.41, 5.74) is 0.368. The first kappa shape index (κ1) is 9.94. The molecule has 13 heavy (non-hydrogen) atoms. The lowest BCUT2D eigenvalue weighted by Crippen LogP contribution is -2.04. The Morgan fingerprint density at radius 3 is 3.00 bits per heavy atom. The van der Waals surface area contributed by atoms with E-state index in [-0.39, 0.29) is 11.5 Å². The maximum Gasteiger partial charge on any atom is 0.374 e. The monoisotopic (exact) mass is 204 g/mol. The minimum atomic E-state index is -1.99. The van der Waals surface area contributed by atoms with Crippen LogP contribution in [0.4, 0.5) is 0 Å². The van der Waals surface area contributed by atoms with E-state index >= 15 is 0 Å². The van der Waals surface area contributed by atoms with Crippen LogP contribution in [0.2, 0.25) is 0 Å². The molecule has 0 aliphatic heterocycles. The van der Waals surface area contributed by atoms with E-state index in [1.54, 1.807) is 0 Å². The van der Waals surface area contributed by atoms with Gasteiger partial charge in [0.15, 0.2) is 11.1 Å². The van der Waals surface area contributed by atoms with Gasteiger partial charge in [0.25, 0.3) is 0 Å². The fraction of sp³-hybridized carbons (Fsp3) is 0.286. The first-order valence-electron chi connectivity index (χ1n) is 3.37. The molecule has 0 aliphatic carbocycles. The van der Waals surface area contributed by atoms with Gasteiger partial charge in [-0.15, -0.1) is 0 Å². The van der Waals surface area contributed by atoms with Crippen LogP contribution in [0.5, 0.6) is 0 Å². The third-order valence-electron chi connectivity index (χ3n) is 1.40. The summed E-state index contributed by atoms with van der Waals surface area (Å²) in [6, 6.07) is 1.46. The number of carbonyl (C=O) groups excluding carboxylic acids is 1. The molecule has 1 aromatic rings. The number of ether oxygens (including phenoxy) is 1. The lowest BCUT2D eigenvalue weighted by Gasteiger charge is -1.97. The number of hydrogen-bond acceptors (Lipinski definition) is 4. The molecule has 72 valence electrons. The molecule has 1 unspecified atom stereocenters. The van der Waals surface area contributed by atoms with Gasteiger partial charge in [0.2, 0.25) is 5.76 Å². The van der Waals surface area contributed by atoms with Crippen molar-refractivity contribution in [1.29, 1.82) is 0 Å². The van der Waals surface area contributed by atoms with E-state index in [1.807, 2.05) is 0 Å². The van der Waals surface area contributed by atoms with E-state index < -0.39 is 17.0 Å². The zero-order valence-corrected chi connectivity index (χ0v) is 7.67. The van der Waals surface area contributed by atoms with E-state index in [9.17, 15) is 9.00 Å². The smallest absolute Gasteiger partial charge is 0.374 e. The van der Waals surface area contributed by atoms with Crippen molar-refractivity contribution < 1.29 is 22.7 Å². The fourth-order valence-corrected chi connectivity index (χ4v) is 1.35. The molecule has 0 amide bonds. The summed E-state index contributed by atoms with van der Waals surface area (Å²) < 4.78 is 28.2. The molecule has 1 N–H and O–H groups in total. The predicted molar refractivity (Wildman–Crippen MR) is 44.5 cm³/mol. The minimum absolute atomic E-state index is 0.0232. The van der Waals surface area contributed by atoms with Crippen LogP contribution in [0.15, 0.2) is 16.7 Å². The molecule has 0 spiro atoms. The molecule has 0 radical (unpaired) electrons. The van der Waals surface area contributed by atoms with Gasteiger partial charge < -0.3 is 13.7 Å². The number of carbonyl (C=O) groups is 1. The fourth-order valence-electron chi connectivity index (χ4n) is 0.854. The topological polar surface area (TPSA) is 76.7 Å². The first-order valence-corrected chi connectivity index (χ1v) is 4.65. The van der Waals surface area contributed by atoms with Gasteiger partial charge in [0.1, 0.15) is 0 Å². The van der Waals surface area contributed by atoms with Crippen LogP contribution in [0.3, 0.4) is 0 Å². The van der Waals surface area contributed by atoms with E-state index in [2.05, 4.69) is 4.74 Å². The Bertz CT molecular complexity index is 329. The molecular formula is C7H8O5S. The molecule has 0 bridgehead atoms. The molecule has 0 aliphatic rings. The Morgan fingerprint density at radius 1 is 1.77 bits per heavy atom. The predicted octanol–water partition coefficient (Wildman–Crippen LogP) is 0.788. The van der Waals surface area contributed by atoms with E-state index in [4.69, 9.17) is 8.97 Å². The van der Waals surface area contributed by atoms with Gasteiger partial charge in [-0.3, -0.25) is 0 Å². The van der Waals surface area contributed by atoms with Crippen LogP contribution in [-0.4, -0.2) is 21.8 Å². The number of methoxy groups -OCH3 is 1. The van der Waals surface area contributed by atoms with E-state index in [0.717, 1.165) is 0 Å².